The molecule has 3 atom stereocenters. The van der Waals surface area contributed by atoms with Crippen molar-refractivity contribution in [2.24, 2.45) is 5.92 Å². The summed E-state index contributed by atoms with van der Waals surface area (Å²) in [6.07, 6.45) is 3.88. The highest BCUT2D eigenvalue weighted by Gasteiger charge is 2.36. The van der Waals surface area contributed by atoms with E-state index in [-0.39, 0.29) is 6.04 Å². The fraction of sp³-hybridized carbons (Fsp3) is 0.647. The molecule has 4 nitrogen and oxygen atoms in total. The molecule has 1 aliphatic carbocycles. The number of methoxy groups -OCH3 is 3. The lowest BCUT2D eigenvalue weighted by Crippen LogP contribution is -2.22. The van der Waals surface area contributed by atoms with Crippen molar-refractivity contribution in [3.8, 4) is 17.2 Å². The highest BCUT2D eigenvalue weighted by atomic mass is 16.5. The van der Waals surface area contributed by atoms with Crippen LogP contribution in [0.25, 0.3) is 0 Å². The van der Waals surface area contributed by atoms with Crippen LogP contribution < -0.4 is 19.5 Å². The smallest absolute Gasteiger partial charge is 0.203 e. The van der Waals surface area contributed by atoms with Crippen LogP contribution in [0.2, 0.25) is 0 Å². The summed E-state index contributed by atoms with van der Waals surface area (Å²) in [5, 5.41) is 3.69. The standard InChI is InChI=1S/C17H27NO3/c1-6-7-12-8-14(12)18-11(2)13-9-15(19-3)17(21-5)16(10-13)20-4/h9-12,14,18H,6-8H2,1-5H3. The van der Waals surface area contributed by atoms with Gasteiger partial charge in [0.1, 0.15) is 0 Å². The average molecular weight is 293 g/mol. The first-order valence-corrected chi connectivity index (χ1v) is 7.70. The van der Waals surface area contributed by atoms with Crippen molar-refractivity contribution < 1.29 is 14.2 Å². The highest BCUT2D eigenvalue weighted by molar-refractivity contribution is 5.54. The van der Waals surface area contributed by atoms with Crippen LogP contribution in [-0.4, -0.2) is 27.4 Å². The first-order valence-electron chi connectivity index (χ1n) is 7.70. The maximum absolute atomic E-state index is 5.42. The van der Waals surface area contributed by atoms with Gasteiger partial charge in [-0.2, -0.15) is 0 Å². The van der Waals surface area contributed by atoms with E-state index in [4.69, 9.17) is 14.2 Å². The molecule has 0 amide bonds. The van der Waals surface area contributed by atoms with Gasteiger partial charge in [-0.3, -0.25) is 0 Å². The van der Waals surface area contributed by atoms with Crippen LogP contribution >= 0.6 is 0 Å². The molecular formula is C17H27NO3. The number of benzene rings is 1. The lowest BCUT2D eigenvalue weighted by molar-refractivity contribution is 0.323. The van der Waals surface area contributed by atoms with E-state index in [0.29, 0.717) is 23.3 Å². The SMILES string of the molecule is CCCC1CC1NC(C)c1cc(OC)c(OC)c(OC)c1. The van der Waals surface area contributed by atoms with Crippen LogP contribution in [0, 0.1) is 5.92 Å². The quantitative estimate of drug-likeness (QED) is 0.795. The Kier molecular flexibility index (Phi) is 5.34. The molecule has 0 heterocycles. The molecule has 1 aliphatic rings. The van der Waals surface area contributed by atoms with E-state index in [9.17, 15) is 0 Å². The summed E-state index contributed by atoms with van der Waals surface area (Å²) in [7, 11) is 4.93. The zero-order chi connectivity index (χ0) is 15.4. The number of hydrogen-bond acceptors (Lipinski definition) is 4. The minimum absolute atomic E-state index is 0.269. The summed E-state index contributed by atoms with van der Waals surface area (Å²) in [5.41, 5.74) is 1.16. The van der Waals surface area contributed by atoms with Gasteiger partial charge in [0.15, 0.2) is 11.5 Å². The lowest BCUT2D eigenvalue weighted by Gasteiger charge is -2.19. The van der Waals surface area contributed by atoms with Gasteiger partial charge >= 0.3 is 0 Å². The third kappa shape index (κ3) is 3.62. The van der Waals surface area contributed by atoms with Crippen LogP contribution in [0.4, 0.5) is 0 Å². The zero-order valence-electron chi connectivity index (χ0n) is 13.7. The minimum Gasteiger partial charge on any atom is -0.493 e. The molecule has 1 N–H and O–H groups in total. The second-order valence-electron chi connectivity index (χ2n) is 5.74. The average Bonchev–Trinajstić information content (AvgIpc) is 3.23. The number of rotatable bonds is 8. The van der Waals surface area contributed by atoms with Crippen molar-refractivity contribution in [2.75, 3.05) is 21.3 Å². The monoisotopic (exact) mass is 293 g/mol. The van der Waals surface area contributed by atoms with Gasteiger partial charge in [-0.1, -0.05) is 13.3 Å². The summed E-state index contributed by atoms with van der Waals surface area (Å²) >= 11 is 0. The van der Waals surface area contributed by atoms with Gasteiger partial charge < -0.3 is 19.5 Å². The largest absolute Gasteiger partial charge is 0.493 e. The van der Waals surface area contributed by atoms with Gasteiger partial charge in [0.2, 0.25) is 5.75 Å². The fourth-order valence-corrected chi connectivity index (χ4v) is 2.91. The molecule has 0 aromatic heterocycles. The van der Waals surface area contributed by atoms with E-state index in [1.54, 1.807) is 21.3 Å². The third-order valence-electron chi connectivity index (χ3n) is 4.23. The van der Waals surface area contributed by atoms with Crippen molar-refractivity contribution in [3.05, 3.63) is 17.7 Å². The first-order chi connectivity index (χ1) is 10.1. The van der Waals surface area contributed by atoms with E-state index < -0.39 is 0 Å². The van der Waals surface area contributed by atoms with Crippen molar-refractivity contribution in [3.63, 3.8) is 0 Å². The molecule has 0 saturated heterocycles. The van der Waals surface area contributed by atoms with Gasteiger partial charge in [0.25, 0.3) is 0 Å². The number of hydrogen-bond donors (Lipinski definition) is 1. The molecule has 1 aromatic rings. The molecule has 0 spiro atoms. The zero-order valence-corrected chi connectivity index (χ0v) is 13.7. The molecule has 0 bridgehead atoms. The molecule has 1 saturated carbocycles. The second-order valence-corrected chi connectivity index (χ2v) is 5.74. The Morgan fingerprint density at radius 2 is 1.76 bits per heavy atom. The predicted molar refractivity (Wildman–Crippen MR) is 84.5 cm³/mol. The van der Waals surface area contributed by atoms with Crippen LogP contribution in [0.3, 0.4) is 0 Å². The second kappa shape index (κ2) is 7.03. The van der Waals surface area contributed by atoms with Crippen LogP contribution in [0.1, 0.15) is 44.7 Å². The molecule has 0 radical (unpaired) electrons. The number of ether oxygens (including phenoxy) is 3. The van der Waals surface area contributed by atoms with Crippen molar-refractivity contribution in [1.82, 2.24) is 5.32 Å². The summed E-state index contributed by atoms with van der Waals surface area (Å²) in [6.45, 7) is 4.43. The molecule has 21 heavy (non-hydrogen) atoms. The van der Waals surface area contributed by atoms with E-state index in [2.05, 4.69) is 19.2 Å². The Morgan fingerprint density at radius 1 is 1.14 bits per heavy atom. The Hall–Kier alpha value is -1.42. The summed E-state index contributed by atoms with van der Waals surface area (Å²) in [4.78, 5) is 0. The minimum atomic E-state index is 0.269. The predicted octanol–water partition coefficient (Wildman–Crippen LogP) is 3.55. The first kappa shape index (κ1) is 16.0. The fourth-order valence-electron chi connectivity index (χ4n) is 2.91. The van der Waals surface area contributed by atoms with Crippen LogP contribution in [0.15, 0.2) is 12.1 Å². The molecule has 3 unspecified atom stereocenters. The Labute approximate surface area is 127 Å². The summed E-state index contributed by atoms with van der Waals surface area (Å²) in [6, 6.07) is 4.97. The molecular weight excluding hydrogens is 266 g/mol. The van der Waals surface area contributed by atoms with E-state index in [0.717, 1.165) is 11.5 Å². The van der Waals surface area contributed by atoms with Gasteiger partial charge in [-0.05, 0) is 43.4 Å². The maximum Gasteiger partial charge on any atom is 0.203 e. The van der Waals surface area contributed by atoms with Crippen molar-refractivity contribution in [2.45, 2.75) is 45.2 Å². The molecule has 2 rings (SSSR count). The lowest BCUT2D eigenvalue weighted by atomic mass is 10.1. The van der Waals surface area contributed by atoms with Gasteiger partial charge in [0.05, 0.1) is 21.3 Å². The topological polar surface area (TPSA) is 39.7 Å². The van der Waals surface area contributed by atoms with Crippen LogP contribution in [-0.2, 0) is 0 Å². The van der Waals surface area contributed by atoms with E-state index >= 15 is 0 Å². The molecule has 4 heteroatoms. The van der Waals surface area contributed by atoms with E-state index in [1.807, 2.05) is 12.1 Å². The Balaban J connectivity index is 2.12. The molecule has 1 aromatic carbocycles. The maximum atomic E-state index is 5.42. The highest BCUT2D eigenvalue weighted by Crippen LogP contribution is 2.41. The molecule has 1 fully saturated rings. The van der Waals surface area contributed by atoms with E-state index in [1.165, 1.54) is 19.3 Å². The van der Waals surface area contributed by atoms with Crippen molar-refractivity contribution in [1.29, 1.82) is 0 Å². The van der Waals surface area contributed by atoms with Gasteiger partial charge in [-0.25, -0.2) is 0 Å². The Bertz CT molecular complexity index is 450. The molecule has 0 aliphatic heterocycles. The molecule has 118 valence electrons. The third-order valence-corrected chi connectivity index (χ3v) is 4.23. The summed E-state index contributed by atoms with van der Waals surface area (Å²) < 4.78 is 16.2. The van der Waals surface area contributed by atoms with Crippen LogP contribution in [0.5, 0.6) is 17.2 Å². The van der Waals surface area contributed by atoms with Gasteiger partial charge in [-0.15, -0.1) is 0 Å². The summed E-state index contributed by atoms with van der Waals surface area (Å²) in [5.74, 6) is 2.91. The normalized spacial score (nSPS) is 21.8. The Morgan fingerprint density at radius 3 is 2.24 bits per heavy atom. The number of nitrogens with one attached hydrogen (secondary N) is 1. The van der Waals surface area contributed by atoms with Crippen molar-refractivity contribution >= 4 is 0 Å². The van der Waals surface area contributed by atoms with Gasteiger partial charge in [0, 0.05) is 12.1 Å².